The second-order valence-electron chi connectivity index (χ2n) is 6.18. The molecule has 2 atom stereocenters. The maximum Gasteiger partial charge on any atom is 0.136 e. The number of carbonyl (C=O) groups is 1. The zero-order chi connectivity index (χ0) is 14.3. The summed E-state index contributed by atoms with van der Waals surface area (Å²) in [5, 5.41) is 0. The number of ether oxygens (including phenoxy) is 1. The first-order valence-corrected chi connectivity index (χ1v) is 7.56. The van der Waals surface area contributed by atoms with Crippen molar-refractivity contribution in [2.24, 2.45) is 0 Å². The zero-order valence-corrected chi connectivity index (χ0v) is 11.9. The molecule has 0 spiro atoms. The van der Waals surface area contributed by atoms with E-state index in [2.05, 4.69) is 36.4 Å². The largest absolute Gasteiger partial charge is 0.365 e. The Morgan fingerprint density at radius 1 is 1.05 bits per heavy atom. The van der Waals surface area contributed by atoms with Gasteiger partial charge in [-0.1, -0.05) is 54.6 Å². The smallest absolute Gasteiger partial charge is 0.136 e. The summed E-state index contributed by atoms with van der Waals surface area (Å²) in [6.45, 7) is 0.565. The van der Waals surface area contributed by atoms with E-state index in [1.165, 1.54) is 11.1 Å². The fourth-order valence-corrected chi connectivity index (χ4v) is 3.88. The normalized spacial score (nSPS) is 26.7. The van der Waals surface area contributed by atoms with E-state index in [0.717, 1.165) is 12.0 Å². The summed E-state index contributed by atoms with van der Waals surface area (Å²) in [5.74, 6) is 0.675. The van der Waals surface area contributed by atoms with Crippen LogP contribution in [0.4, 0.5) is 0 Å². The third-order valence-corrected chi connectivity index (χ3v) is 4.78. The molecule has 2 aliphatic carbocycles. The summed E-state index contributed by atoms with van der Waals surface area (Å²) in [4.78, 5) is 12.1. The minimum absolute atomic E-state index is 0.329. The topological polar surface area (TPSA) is 26.3 Å². The van der Waals surface area contributed by atoms with E-state index in [1.54, 1.807) is 0 Å². The Morgan fingerprint density at radius 3 is 2.67 bits per heavy atom. The molecule has 2 aromatic carbocycles. The molecule has 0 aromatic heterocycles. The molecule has 1 saturated carbocycles. The fraction of sp³-hybridized carbons (Fsp3) is 0.316. The van der Waals surface area contributed by atoms with Gasteiger partial charge in [0.1, 0.15) is 11.4 Å². The molecule has 0 N–H and O–H groups in total. The van der Waals surface area contributed by atoms with Crippen LogP contribution in [0.5, 0.6) is 0 Å². The summed E-state index contributed by atoms with van der Waals surface area (Å²) in [7, 11) is 0. The van der Waals surface area contributed by atoms with Crippen molar-refractivity contribution < 1.29 is 9.53 Å². The van der Waals surface area contributed by atoms with E-state index < -0.39 is 5.60 Å². The summed E-state index contributed by atoms with van der Waals surface area (Å²) in [6.07, 6.45) is 2.14. The van der Waals surface area contributed by atoms with Gasteiger partial charge in [-0.3, -0.25) is 4.79 Å². The Balaban J connectivity index is 1.67. The molecule has 21 heavy (non-hydrogen) atoms. The van der Waals surface area contributed by atoms with Crippen molar-refractivity contribution in [1.29, 1.82) is 0 Å². The highest BCUT2D eigenvalue weighted by Crippen LogP contribution is 2.54. The molecule has 106 valence electrons. The van der Waals surface area contributed by atoms with Gasteiger partial charge in [-0.2, -0.15) is 0 Å². The first kappa shape index (κ1) is 12.8. The van der Waals surface area contributed by atoms with Crippen LogP contribution < -0.4 is 0 Å². The summed E-state index contributed by atoms with van der Waals surface area (Å²) in [6, 6.07) is 18.6. The summed E-state index contributed by atoms with van der Waals surface area (Å²) in [5.41, 5.74) is 3.31. The zero-order valence-electron chi connectivity index (χ0n) is 11.9. The first-order valence-electron chi connectivity index (χ1n) is 7.56. The van der Waals surface area contributed by atoms with Gasteiger partial charge in [0, 0.05) is 12.8 Å². The molecule has 2 aromatic rings. The van der Waals surface area contributed by atoms with Crippen molar-refractivity contribution in [3.63, 3.8) is 0 Å². The minimum atomic E-state index is -0.396. The van der Waals surface area contributed by atoms with Gasteiger partial charge in [0.2, 0.25) is 0 Å². The van der Waals surface area contributed by atoms with E-state index in [0.29, 0.717) is 31.1 Å². The lowest BCUT2D eigenvalue weighted by Crippen LogP contribution is -2.33. The highest BCUT2D eigenvalue weighted by atomic mass is 16.5. The molecule has 0 amide bonds. The van der Waals surface area contributed by atoms with Gasteiger partial charge in [-0.25, -0.2) is 0 Å². The van der Waals surface area contributed by atoms with Crippen LogP contribution in [0.15, 0.2) is 54.6 Å². The Kier molecular flexibility index (Phi) is 2.93. The molecule has 4 rings (SSSR count). The molecule has 2 bridgehead atoms. The average Bonchev–Trinajstić information content (AvgIpc) is 2.75. The fourth-order valence-electron chi connectivity index (χ4n) is 3.88. The van der Waals surface area contributed by atoms with Crippen LogP contribution in [0.25, 0.3) is 0 Å². The van der Waals surface area contributed by atoms with E-state index in [4.69, 9.17) is 4.74 Å². The third-order valence-electron chi connectivity index (χ3n) is 4.78. The first-order chi connectivity index (χ1) is 10.3. The Morgan fingerprint density at radius 2 is 1.81 bits per heavy atom. The molecule has 1 fully saturated rings. The van der Waals surface area contributed by atoms with E-state index in [1.807, 2.05) is 18.2 Å². The Bertz CT molecular complexity index is 677. The van der Waals surface area contributed by atoms with E-state index in [-0.39, 0.29) is 0 Å². The number of fused-ring (bicyclic) bond motifs is 5. The standard InChI is InChI=1S/C19H18O2/c20-16-10-15-11-19(12-16,18-9-5-4-8-17(15)18)21-13-14-6-2-1-3-7-14/h1-9,15H,10-13H2/t15-,19+/m0/s1. The molecule has 0 radical (unpaired) electrons. The molecule has 2 nitrogen and oxygen atoms in total. The van der Waals surface area contributed by atoms with Gasteiger partial charge in [0.05, 0.1) is 6.61 Å². The molecule has 0 aliphatic heterocycles. The molecular formula is C19H18O2. The van der Waals surface area contributed by atoms with Crippen LogP contribution in [0.3, 0.4) is 0 Å². The Labute approximate surface area is 124 Å². The molecular weight excluding hydrogens is 260 g/mol. The second-order valence-corrected chi connectivity index (χ2v) is 6.18. The van der Waals surface area contributed by atoms with Gasteiger partial charge >= 0.3 is 0 Å². The average molecular weight is 278 g/mol. The van der Waals surface area contributed by atoms with Gasteiger partial charge < -0.3 is 4.74 Å². The van der Waals surface area contributed by atoms with Crippen LogP contribution in [0, 0.1) is 0 Å². The number of carbonyl (C=O) groups excluding carboxylic acids is 1. The van der Waals surface area contributed by atoms with Gasteiger partial charge in [-0.05, 0) is 29.0 Å². The van der Waals surface area contributed by atoms with Crippen molar-refractivity contribution in [2.75, 3.05) is 0 Å². The lowest BCUT2D eigenvalue weighted by molar-refractivity contribution is -0.135. The minimum Gasteiger partial charge on any atom is -0.365 e. The quantitative estimate of drug-likeness (QED) is 0.849. The lowest BCUT2D eigenvalue weighted by atomic mass is 9.82. The van der Waals surface area contributed by atoms with Gasteiger partial charge in [0.25, 0.3) is 0 Å². The van der Waals surface area contributed by atoms with Crippen molar-refractivity contribution in [2.45, 2.75) is 37.4 Å². The van der Waals surface area contributed by atoms with Crippen molar-refractivity contribution in [1.82, 2.24) is 0 Å². The molecule has 2 heteroatoms. The SMILES string of the molecule is O=C1C[C@H]2C[C@@](OCc3ccccc3)(C1)c1ccccc12. The number of benzene rings is 2. The highest BCUT2D eigenvalue weighted by Gasteiger charge is 2.49. The van der Waals surface area contributed by atoms with Crippen LogP contribution >= 0.6 is 0 Å². The van der Waals surface area contributed by atoms with Crippen LogP contribution in [0.1, 0.15) is 41.9 Å². The van der Waals surface area contributed by atoms with Gasteiger partial charge in [-0.15, -0.1) is 0 Å². The molecule has 0 unspecified atom stereocenters. The van der Waals surface area contributed by atoms with Crippen LogP contribution in [-0.4, -0.2) is 5.78 Å². The predicted molar refractivity (Wildman–Crippen MR) is 81.0 cm³/mol. The lowest BCUT2D eigenvalue weighted by Gasteiger charge is -2.33. The maximum absolute atomic E-state index is 12.1. The van der Waals surface area contributed by atoms with Gasteiger partial charge in [0.15, 0.2) is 0 Å². The number of Topliss-reactive ketones (excluding diaryl/α,β-unsaturated/α-hetero) is 1. The number of hydrogen-bond donors (Lipinski definition) is 0. The van der Waals surface area contributed by atoms with Crippen molar-refractivity contribution in [3.05, 3.63) is 71.3 Å². The summed E-state index contributed by atoms with van der Waals surface area (Å²) < 4.78 is 6.32. The predicted octanol–water partition coefficient (Wildman–Crippen LogP) is 3.95. The Hall–Kier alpha value is -1.93. The van der Waals surface area contributed by atoms with E-state index in [9.17, 15) is 4.79 Å². The molecule has 2 aliphatic rings. The van der Waals surface area contributed by atoms with Crippen LogP contribution in [0.2, 0.25) is 0 Å². The number of hydrogen-bond acceptors (Lipinski definition) is 2. The van der Waals surface area contributed by atoms with Crippen molar-refractivity contribution >= 4 is 5.78 Å². The number of rotatable bonds is 3. The third kappa shape index (κ3) is 2.11. The monoisotopic (exact) mass is 278 g/mol. The van der Waals surface area contributed by atoms with Crippen molar-refractivity contribution in [3.8, 4) is 0 Å². The number of ketones is 1. The second kappa shape index (κ2) is 4.81. The maximum atomic E-state index is 12.1. The van der Waals surface area contributed by atoms with E-state index >= 15 is 0 Å². The molecule has 0 saturated heterocycles. The summed E-state index contributed by atoms with van der Waals surface area (Å²) >= 11 is 0. The van der Waals surface area contributed by atoms with Crippen LogP contribution in [-0.2, 0) is 21.7 Å². The highest BCUT2D eigenvalue weighted by molar-refractivity contribution is 5.83. The molecule has 0 heterocycles.